The van der Waals surface area contributed by atoms with Crippen molar-refractivity contribution in [2.45, 2.75) is 12.6 Å². The summed E-state index contributed by atoms with van der Waals surface area (Å²) in [6.07, 6.45) is 1.74. The highest BCUT2D eigenvalue weighted by atomic mass is 16.5. The molecule has 0 aromatic heterocycles. The van der Waals surface area contributed by atoms with Crippen LogP contribution in [-0.4, -0.2) is 13.7 Å². The van der Waals surface area contributed by atoms with Crippen LogP contribution in [-0.2, 0) is 11.3 Å². The minimum Gasteiger partial charge on any atom is -0.380 e. The molecule has 0 heterocycles. The normalized spacial score (nSPS) is 11.8. The molecule has 0 fully saturated rings. The van der Waals surface area contributed by atoms with E-state index in [0.29, 0.717) is 13.2 Å². The third-order valence-corrected chi connectivity index (χ3v) is 2.19. The summed E-state index contributed by atoms with van der Waals surface area (Å²) in [4.78, 5) is 0. The lowest BCUT2D eigenvalue weighted by Crippen LogP contribution is -2.19. The number of hydrogen-bond donors (Lipinski definition) is 1. The molecule has 0 amide bonds. The largest absolute Gasteiger partial charge is 0.380 e. The van der Waals surface area contributed by atoms with Crippen LogP contribution < -0.4 is 5.32 Å². The van der Waals surface area contributed by atoms with E-state index in [1.54, 1.807) is 13.2 Å². The zero-order chi connectivity index (χ0) is 11.8. The van der Waals surface area contributed by atoms with E-state index in [1.807, 2.05) is 24.3 Å². The maximum atomic E-state index is 9.05. The first-order valence-electron chi connectivity index (χ1n) is 5.13. The van der Waals surface area contributed by atoms with E-state index in [-0.39, 0.29) is 6.04 Å². The van der Waals surface area contributed by atoms with Gasteiger partial charge in [0, 0.05) is 13.7 Å². The molecule has 1 rings (SSSR count). The predicted molar refractivity (Wildman–Crippen MR) is 63.7 cm³/mol. The Morgan fingerprint density at radius 2 is 2.44 bits per heavy atom. The first-order chi connectivity index (χ1) is 7.81. The van der Waals surface area contributed by atoms with Gasteiger partial charge >= 0.3 is 0 Å². The van der Waals surface area contributed by atoms with E-state index >= 15 is 0 Å². The minimum atomic E-state index is -0.296. The van der Waals surface area contributed by atoms with Gasteiger partial charge in [-0.1, -0.05) is 30.3 Å². The van der Waals surface area contributed by atoms with Gasteiger partial charge in [0.15, 0.2) is 0 Å². The summed E-state index contributed by atoms with van der Waals surface area (Å²) >= 11 is 0. The molecule has 1 N–H and O–H groups in total. The number of rotatable bonds is 6. The van der Waals surface area contributed by atoms with E-state index in [2.05, 4.69) is 18.0 Å². The first-order valence-corrected chi connectivity index (χ1v) is 5.13. The van der Waals surface area contributed by atoms with Crippen LogP contribution in [0.1, 0.15) is 17.2 Å². The number of hydrogen-bond acceptors (Lipinski definition) is 3. The average molecular weight is 216 g/mol. The Bertz CT molecular complexity index is 382. The maximum Gasteiger partial charge on any atom is 0.121 e. The summed E-state index contributed by atoms with van der Waals surface area (Å²) in [6, 6.07) is 9.75. The highest BCUT2D eigenvalue weighted by Gasteiger charge is 2.08. The molecule has 3 heteroatoms. The van der Waals surface area contributed by atoms with Crippen LogP contribution in [0, 0.1) is 11.3 Å². The topological polar surface area (TPSA) is 45.0 Å². The predicted octanol–water partition coefficient (Wildman–Crippen LogP) is 2.17. The number of methoxy groups -OCH3 is 1. The molecule has 0 aliphatic carbocycles. The standard InChI is InChI=1S/C13H16N2O/c1-3-7-15-13(9-14)12-6-4-5-11(8-12)10-16-2/h3-6,8,13,15H,1,7,10H2,2H3. The van der Waals surface area contributed by atoms with Gasteiger partial charge in [0.25, 0.3) is 0 Å². The van der Waals surface area contributed by atoms with Crippen molar-refractivity contribution in [2.75, 3.05) is 13.7 Å². The SMILES string of the molecule is C=CCNC(C#N)c1cccc(COC)c1. The van der Waals surface area contributed by atoms with Crippen molar-refractivity contribution in [3.05, 3.63) is 48.0 Å². The van der Waals surface area contributed by atoms with Crippen LogP contribution in [0.25, 0.3) is 0 Å². The Balaban J connectivity index is 2.80. The average Bonchev–Trinajstić information content (AvgIpc) is 2.31. The molecule has 0 saturated heterocycles. The molecule has 1 aromatic carbocycles. The summed E-state index contributed by atoms with van der Waals surface area (Å²) in [6.45, 7) is 4.80. The first kappa shape index (κ1) is 12.4. The molecule has 84 valence electrons. The molecule has 1 atom stereocenters. The zero-order valence-electron chi connectivity index (χ0n) is 9.44. The van der Waals surface area contributed by atoms with E-state index in [1.165, 1.54) is 0 Å². The van der Waals surface area contributed by atoms with Crippen molar-refractivity contribution in [1.82, 2.24) is 5.32 Å². The van der Waals surface area contributed by atoms with Crippen molar-refractivity contribution < 1.29 is 4.74 Å². The van der Waals surface area contributed by atoms with Gasteiger partial charge in [-0.3, -0.25) is 5.32 Å². The van der Waals surface area contributed by atoms with Crippen LogP contribution in [0.3, 0.4) is 0 Å². The lowest BCUT2D eigenvalue weighted by atomic mass is 10.1. The van der Waals surface area contributed by atoms with Gasteiger partial charge in [0.1, 0.15) is 6.04 Å². The fourth-order valence-corrected chi connectivity index (χ4v) is 1.47. The molecule has 0 spiro atoms. The minimum absolute atomic E-state index is 0.296. The monoisotopic (exact) mass is 216 g/mol. The lowest BCUT2D eigenvalue weighted by Gasteiger charge is -2.11. The molecule has 3 nitrogen and oxygen atoms in total. The van der Waals surface area contributed by atoms with Crippen molar-refractivity contribution in [1.29, 1.82) is 5.26 Å². The highest BCUT2D eigenvalue weighted by molar-refractivity contribution is 5.29. The van der Waals surface area contributed by atoms with Crippen LogP contribution >= 0.6 is 0 Å². The molecule has 0 radical (unpaired) electrons. The van der Waals surface area contributed by atoms with Crippen molar-refractivity contribution in [3.8, 4) is 6.07 Å². The van der Waals surface area contributed by atoms with Crippen molar-refractivity contribution >= 4 is 0 Å². The molecule has 0 saturated carbocycles. The Hall–Kier alpha value is -1.63. The molecular formula is C13H16N2O. The fraction of sp³-hybridized carbons (Fsp3) is 0.308. The summed E-state index contributed by atoms with van der Waals surface area (Å²) in [5.74, 6) is 0. The second kappa shape index (κ2) is 6.78. The van der Waals surface area contributed by atoms with Gasteiger partial charge < -0.3 is 4.74 Å². The summed E-state index contributed by atoms with van der Waals surface area (Å²) in [5.41, 5.74) is 2.03. The number of nitrogens with zero attached hydrogens (tertiary/aromatic N) is 1. The van der Waals surface area contributed by atoms with Gasteiger partial charge in [0.05, 0.1) is 12.7 Å². The van der Waals surface area contributed by atoms with Gasteiger partial charge in [-0.25, -0.2) is 0 Å². The van der Waals surface area contributed by atoms with Crippen LogP contribution in [0.2, 0.25) is 0 Å². The smallest absolute Gasteiger partial charge is 0.121 e. The van der Waals surface area contributed by atoms with E-state index in [4.69, 9.17) is 10.00 Å². The van der Waals surface area contributed by atoms with Gasteiger partial charge in [-0.05, 0) is 11.1 Å². The Morgan fingerprint density at radius 1 is 1.62 bits per heavy atom. The number of benzene rings is 1. The fourth-order valence-electron chi connectivity index (χ4n) is 1.47. The second-order valence-corrected chi connectivity index (χ2v) is 3.44. The van der Waals surface area contributed by atoms with Gasteiger partial charge in [0.2, 0.25) is 0 Å². The Kier molecular flexibility index (Phi) is 5.27. The molecule has 0 aliphatic heterocycles. The highest BCUT2D eigenvalue weighted by Crippen LogP contribution is 2.14. The summed E-state index contributed by atoms with van der Waals surface area (Å²) in [7, 11) is 1.66. The van der Waals surface area contributed by atoms with E-state index < -0.39 is 0 Å². The van der Waals surface area contributed by atoms with Crippen LogP contribution in [0.4, 0.5) is 0 Å². The maximum absolute atomic E-state index is 9.05. The van der Waals surface area contributed by atoms with Crippen LogP contribution in [0.15, 0.2) is 36.9 Å². The third kappa shape index (κ3) is 3.50. The number of ether oxygens (including phenoxy) is 1. The Labute approximate surface area is 96.4 Å². The van der Waals surface area contributed by atoms with Gasteiger partial charge in [-0.2, -0.15) is 5.26 Å². The number of nitriles is 1. The summed E-state index contributed by atoms with van der Waals surface area (Å²) in [5, 5.41) is 12.1. The van der Waals surface area contributed by atoms with Gasteiger partial charge in [-0.15, -0.1) is 6.58 Å². The van der Waals surface area contributed by atoms with Crippen molar-refractivity contribution in [2.24, 2.45) is 0 Å². The van der Waals surface area contributed by atoms with Crippen molar-refractivity contribution in [3.63, 3.8) is 0 Å². The molecule has 0 bridgehead atoms. The molecule has 1 aromatic rings. The number of nitrogens with one attached hydrogen (secondary N) is 1. The zero-order valence-corrected chi connectivity index (χ0v) is 9.44. The second-order valence-electron chi connectivity index (χ2n) is 3.44. The Morgan fingerprint density at radius 3 is 3.06 bits per heavy atom. The quantitative estimate of drug-likeness (QED) is 0.741. The molecular weight excluding hydrogens is 200 g/mol. The third-order valence-electron chi connectivity index (χ3n) is 2.19. The van der Waals surface area contributed by atoms with E-state index in [0.717, 1.165) is 11.1 Å². The summed E-state index contributed by atoms with van der Waals surface area (Å²) < 4.78 is 5.06. The molecule has 0 aliphatic rings. The molecule has 1 unspecified atom stereocenters. The molecule has 16 heavy (non-hydrogen) atoms. The lowest BCUT2D eigenvalue weighted by molar-refractivity contribution is 0.185. The van der Waals surface area contributed by atoms with Crippen LogP contribution in [0.5, 0.6) is 0 Å². The van der Waals surface area contributed by atoms with E-state index in [9.17, 15) is 0 Å².